The lowest BCUT2D eigenvalue weighted by molar-refractivity contribution is 0.200. The first-order valence-electron chi connectivity index (χ1n) is 8.68. The minimum absolute atomic E-state index is 0.428. The van der Waals surface area contributed by atoms with Gasteiger partial charge in [0.15, 0.2) is 5.96 Å². The van der Waals surface area contributed by atoms with Crippen molar-refractivity contribution in [3.05, 3.63) is 0 Å². The number of hydrogen-bond acceptors (Lipinski definition) is 2. The number of piperidine rings is 1. The molecule has 2 aliphatic rings. The fraction of sp³-hybridized carbons (Fsp3) is 0.941. The van der Waals surface area contributed by atoms with Crippen molar-refractivity contribution in [3.8, 4) is 0 Å². The maximum Gasteiger partial charge on any atom is 0.193 e. The number of aliphatic imine (C=N–C) groups is 1. The lowest BCUT2D eigenvalue weighted by atomic mass is 9.93. The fourth-order valence-corrected chi connectivity index (χ4v) is 3.54. The molecule has 0 aliphatic carbocycles. The third-order valence-corrected chi connectivity index (χ3v) is 4.82. The first-order valence-corrected chi connectivity index (χ1v) is 8.68. The van der Waals surface area contributed by atoms with Crippen LogP contribution in [0.25, 0.3) is 0 Å². The predicted molar refractivity (Wildman–Crippen MR) is 90.8 cm³/mol. The van der Waals surface area contributed by atoms with Gasteiger partial charge in [-0.15, -0.1) is 0 Å². The summed E-state index contributed by atoms with van der Waals surface area (Å²) in [6.07, 6.45) is 5.44. The molecule has 2 aliphatic heterocycles. The third kappa shape index (κ3) is 5.17. The molecule has 1 atom stereocenters. The molecule has 2 fully saturated rings. The molecule has 2 rings (SSSR count). The Bertz CT molecular complexity index is 345. The zero-order valence-corrected chi connectivity index (χ0v) is 14.5. The maximum absolute atomic E-state index is 4.47. The molecule has 0 radical (unpaired) electrons. The Labute approximate surface area is 131 Å². The molecule has 0 aromatic rings. The van der Waals surface area contributed by atoms with Gasteiger partial charge in [0, 0.05) is 33.2 Å². The van der Waals surface area contributed by atoms with Crippen molar-refractivity contribution >= 4 is 5.96 Å². The van der Waals surface area contributed by atoms with Crippen LogP contribution < -0.4 is 5.32 Å². The van der Waals surface area contributed by atoms with Crippen LogP contribution in [0.2, 0.25) is 0 Å². The van der Waals surface area contributed by atoms with Crippen molar-refractivity contribution in [3.63, 3.8) is 0 Å². The highest BCUT2D eigenvalue weighted by Gasteiger charge is 2.30. The lowest BCUT2D eigenvalue weighted by Crippen LogP contribution is -2.44. The molecule has 1 unspecified atom stereocenters. The standard InChI is InChI=1S/C17H34N4/c1-15(13-20-9-6-5-7-10-20)12-19-16(18-4)21-11-8-17(2,3)14-21/h15H,5-14H2,1-4H3,(H,18,19). The van der Waals surface area contributed by atoms with E-state index in [1.165, 1.54) is 45.3 Å². The van der Waals surface area contributed by atoms with E-state index in [9.17, 15) is 0 Å². The Morgan fingerprint density at radius 1 is 1.19 bits per heavy atom. The molecule has 0 bridgehead atoms. The lowest BCUT2D eigenvalue weighted by Gasteiger charge is -2.30. The van der Waals surface area contributed by atoms with Crippen LogP contribution >= 0.6 is 0 Å². The van der Waals surface area contributed by atoms with E-state index in [-0.39, 0.29) is 0 Å². The number of nitrogens with zero attached hydrogens (tertiary/aromatic N) is 3. The van der Waals surface area contributed by atoms with Crippen LogP contribution in [0.3, 0.4) is 0 Å². The monoisotopic (exact) mass is 294 g/mol. The van der Waals surface area contributed by atoms with Crippen LogP contribution in [0.5, 0.6) is 0 Å². The molecule has 2 heterocycles. The molecule has 0 saturated carbocycles. The predicted octanol–water partition coefficient (Wildman–Crippen LogP) is 2.42. The highest BCUT2D eigenvalue weighted by atomic mass is 15.3. The summed E-state index contributed by atoms with van der Waals surface area (Å²) in [5.41, 5.74) is 0.428. The van der Waals surface area contributed by atoms with Crippen LogP contribution in [0.15, 0.2) is 4.99 Å². The third-order valence-electron chi connectivity index (χ3n) is 4.82. The average Bonchev–Trinajstić information content (AvgIpc) is 2.81. The molecule has 0 amide bonds. The summed E-state index contributed by atoms with van der Waals surface area (Å²) in [7, 11) is 1.91. The SMILES string of the molecule is CN=C(NCC(C)CN1CCCCC1)N1CCC(C)(C)C1. The van der Waals surface area contributed by atoms with Crippen LogP contribution in [-0.4, -0.2) is 62.1 Å². The van der Waals surface area contributed by atoms with Gasteiger partial charge in [0.2, 0.25) is 0 Å². The summed E-state index contributed by atoms with van der Waals surface area (Å²) in [6, 6.07) is 0. The van der Waals surface area contributed by atoms with Crippen molar-refractivity contribution in [2.24, 2.45) is 16.3 Å². The Morgan fingerprint density at radius 2 is 1.90 bits per heavy atom. The molecule has 0 aromatic heterocycles. The first-order chi connectivity index (χ1) is 10.00. The van der Waals surface area contributed by atoms with Gasteiger partial charge in [-0.2, -0.15) is 0 Å². The van der Waals surface area contributed by atoms with Gasteiger partial charge in [0.25, 0.3) is 0 Å². The largest absolute Gasteiger partial charge is 0.356 e. The number of rotatable bonds is 4. The minimum Gasteiger partial charge on any atom is -0.356 e. The summed E-state index contributed by atoms with van der Waals surface area (Å²) in [6.45, 7) is 14.1. The van der Waals surface area contributed by atoms with Crippen LogP contribution in [0.4, 0.5) is 0 Å². The number of guanidine groups is 1. The molecule has 2 saturated heterocycles. The highest BCUT2D eigenvalue weighted by Crippen LogP contribution is 2.28. The molecule has 21 heavy (non-hydrogen) atoms. The summed E-state index contributed by atoms with van der Waals surface area (Å²) in [5.74, 6) is 1.77. The Balaban J connectivity index is 1.72. The van der Waals surface area contributed by atoms with Crippen molar-refractivity contribution in [2.45, 2.75) is 46.5 Å². The second kappa shape index (κ2) is 7.48. The summed E-state index contributed by atoms with van der Waals surface area (Å²) in [4.78, 5) is 9.51. The minimum atomic E-state index is 0.428. The van der Waals surface area contributed by atoms with Crippen molar-refractivity contribution in [2.75, 3.05) is 46.3 Å². The number of nitrogens with one attached hydrogen (secondary N) is 1. The molecular formula is C17H34N4. The molecule has 1 N–H and O–H groups in total. The molecule has 4 nitrogen and oxygen atoms in total. The molecule has 0 spiro atoms. The van der Waals surface area contributed by atoms with Crippen LogP contribution in [0.1, 0.15) is 46.5 Å². The van der Waals surface area contributed by atoms with Crippen molar-refractivity contribution < 1.29 is 0 Å². The first kappa shape index (κ1) is 16.6. The molecule has 4 heteroatoms. The van der Waals surface area contributed by atoms with Gasteiger partial charge in [0.1, 0.15) is 0 Å². The van der Waals surface area contributed by atoms with Crippen LogP contribution in [0, 0.1) is 11.3 Å². The van der Waals surface area contributed by atoms with E-state index in [0.29, 0.717) is 11.3 Å². The Morgan fingerprint density at radius 3 is 2.48 bits per heavy atom. The van der Waals surface area contributed by atoms with Gasteiger partial charge in [0.05, 0.1) is 0 Å². The number of likely N-dealkylation sites (tertiary alicyclic amines) is 2. The van der Waals surface area contributed by atoms with E-state index in [0.717, 1.165) is 25.6 Å². The Kier molecular flexibility index (Phi) is 5.91. The zero-order chi connectivity index (χ0) is 15.3. The molecule has 122 valence electrons. The normalized spacial score (nSPS) is 25.1. The van der Waals surface area contributed by atoms with E-state index < -0.39 is 0 Å². The summed E-state index contributed by atoms with van der Waals surface area (Å²) < 4.78 is 0. The fourth-order valence-electron chi connectivity index (χ4n) is 3.54. The maximum atomic E-state index is 4.47. The van der Waals surface area contributed by atoms with E-state index in [1.54, 1.807) is 0 Å². The summed E-state index contributed by atoms with van der Waals surface area (Å²) >= 11 is 0. The van der Waals surface area contributed by atoms with Gasteiger partial charge in [-0.3, -0.25) is 4.99 Å². The summed E-state index contributed by atoms with van der Waals surface area (Å²) in [5, 5.41) is 3.59. The van der Waals surface area contributed by atoms with Gasteiger partial charge in [-0.1, -0.05) is 27.2 Å². The van der Waals surface area contributed by atoms with Gasteiger partial charge in [-0.25, -0.2) is 0 Å². The van der Waals surface area contributed by atoms with Crippen LogP contribution in [-0.2, 0) is 0 Å². The smallest absolute Gasteiger partial charge is 0.193 e. The topological polar surface area (TPSA) is 30.9 Å². The van der Waals surface area contributed by atoms with Gasteiger partial charge >= 0.3 is 0 Å². The number of hydrogen-bond donors (Lipinski definition) is 1. The van der Waals surface area contributed by atoms with E-state index in [1.807, 2.05) is 7.05 Å². The van der Waals surface area contributed by atoms with E-state index in [2.05, 4.69) is 40.9 Å². The average molecular weight is 294 g/mol. The van der Waals surface area contributed by atoms with Crippen molar-refractivity contribution in [1.29, 1.82) is 0 Å². The highest BCUT2D eigenvalue weighted by molar-refractivity contribution is 5.80. The van der Waals surface area contributed by atoms with Gasteiger partial charge < -0.3 is 15.1 Å². The second-order valence-corrected chi connectivity index (χ2v) is 7.73. The van der Waals surface area contributed by atoms with Crippen molar-refractivity contribution in [1.82, 2.24) is 15.1 Å². The molecule has 0 aromatic carbocycles. The zero-order valence-electron chi connectivity index (χ0n) is 14.5. The Hall–Kier alpha value is -0.770. The molecular weight excluding hydrogens is 260 g/mol. The van der Waals surface area contributed by atoms with Gasteiger partial charge in [-0.05, 0) is 43.7 Å². The quantitative estimate of drug-likeness (QED) is 0.638. The second-order valence-electron chi connectivity index (χ2n) is 7.73. The van der Waals surface area contributed by atoms with E-state index >= 15 is 0 Å². The van der Waals surface area contributed by atoms with E-state index in [4.69, 9.17) is 0 Å².